The van der Waals surface area contributed by atoms with Crippen molar-refractivity contribution in [1.29, 1.82) is 0 Å². The molecule has 5 heteroatoms. The maximum atomic E-state index is 3.98. The van der Waals surface area contributed by atoms with E-state index >= 15 is 0 Å². The first-order valence-corrected chi connectivity index (χ1v) is 9.39. The van der Waals surface area contributed by atoms with Gasteiger partial charge >= 0.3 is 57.9 Å². The van der Waals surface area contributed by atoms with Crippen LogP contribution in [0, 0.1) is 0 Å². The average Bonchev–Trinajstić information content (AvgIpc) is 2.22. The van der Waals surface area contributed by atoms with E-state index < -0.39 is 0 Å². The number of rotatable bonds is 0. The molecule has 1 aromatic rings. The van der Waals surface area contributed by atoms with Crippen LogP contribution in [-0.4, -0.2) is 51.0 Å². The molecular weight excluding hydrogens is 289 g/mol. The molecule has 2 nitrogen and oxygen atoms in total. The van der Waals surface area contributed by atoms with Crippen molar-refractivity contribution in [2.75, 3.05) is 0 Å². The summed E-state index contributed by atoms with van der Waals surface area (Å²) >= 11 is 2.24. The van der Waals surface area contributed by atoms with Gasteiger partial charge in [0.25, 0.3) is 0 Å². The van der Waals surface area contributed by atoms with Crippen LogP contribution in [0.4, 0.5) is 0 Å². The third kappa shape index (κ3) is 0.746. The van der Waals surface area contributed by atoms with E-state index in [0.29, 0.717) is 14.5 Å². The molecule has 0 saturated heterocycles. The van der Waals surface area contributed by atoms with Crippen LogP contribution in [0.1, 0.15) is 0 Å². The summed E-state index contributed by atoms with van der Waals surface area (Å²) in [6.07, 6.45) is 0. The minimum absolute atomic E-state index is 0.653. The van der Waals surface area contributed by atoms with Gasteiger partial charge in [-0.3, -0.25) is 0 Å². The van der Waals surface area contributed by atoms with Crippen LogP contribution in [0.3, 0.4) is 0 Å². The summed E-state index contributed by atoms with van der Waals surface area (Å²) < 4.78 is 2.88. The fraction of sp³-hybridized carbons (Fsp3) is 0. The molecule has 0 spiro atoms. The molecule has 0 atom stereocenters. The summed E-state index contributed by atoms with van der Waals surface area (Å²) in [6, 6.07) is 0. The third-order valence-corrected chi connectivity index (χ3v) is 16.3. The summed E-state index contributed by atoms with van der Waals surface area (Å²) in [5.74, 6) is 0. The summed E-state index contributed by atoms with van der Waals surface area (Å²) in [5, 5.41) is 7.96. The summed E-state index contributed by atoms with van der Waals surface area (Å²) in [6.45, 7) is 0. The van der Waals surface area contributed by atoms with Gasteiger partial charge in [0.15, 0.2) is 0 Å². The molecule has 0 radical (unpaired) electrons. The standard InChI is InChI=1S/C2N2Se3/c3-1-5-2(4-3)7-6-1. The van der Waals surface area contributed by atoms with Gasteiger partial charge in [0.05, 0.1) is 0 Å². The van der Waals surface area contributed by atoms with Gasteiger partial charge in [-0.25, -0.2) is 0 Å². The van der Waals surface area contributed by atoms with E-state index in [2.05, 4.69) is 10.2 Å². The van der Waals surface area contributed by atoms with Gasteiger partial charge in [0, 0.05) is 0 Å². The molecule has 1 aliphatic rings. The van der Waals surface area contributed by atoms with Crippen molar-refractivity contribution in [1.82, 2.24) is 10.2 Å². The molecule has 0 amide bonds. The van der Waals surface area contributed by atoms with Gasteiger partial charge in [-0.15, -0.1) is 0 Å². The summed E-state index contributed by atoms with van der Waals surface area (Å²) in [4.78, 5) is 0. The van der Waals surface area contributed by atoms with E-state index in [1.807, 2.05) is 0 Å². The van der Waals surface area contributed by atoms with Gasteiger partial charge in [-0.05, 0) is 0 Å². The molecular formula is C2N2Se3. The van der Waals surface area contributed by atoms with Crippen LogP contribution in [0.2, 0.25) is 0 Å². The van der Waals surface area contributed by atoms with Crippen LogP contribution in [0.5, 0.6) is 0 Å². The predicted octanol–water partition coefficient (Wildman–Crippen LogP) is -2.88. The Morgan fingerprint density at radius 1 is 1.00 bits per heavy atom. The second-order valence-corrected chi connectivity index (χ2v) is 11.6. The van der Waals surface area contributed by atoms with E-state index in [-0.39, 0.29) is 0 Å². The monoisotopic (exact) mass is 292 g/mol. The number of fused-ring (bicyclic) bond motifs is 2. The molecule has 0 aromatic carbocycles. The van der Waals surface area contributed by atoms with Gasteiger partial charge in [0.1, 0.15) is 0 Å². The van der Waals surface area contributed by atoms with Crippen molar-refractivity contribution >= 4 is 47.7 Å². The molecule has 0 aliphatic carbocycles. The molecule has 36 valence electrons. The van der Waals surface area contributed by atoms with Gasteiger partial charge in [-0.1, -0.05) is 0 Å². The first kappa shape index (κ1) is 4.75. The van der Waals surface area contributed by atoms with Crippen LogP contribution in [-0.2, 0) is 0 Å². The Morgan fingerprint density at radius 2 is 1.57 bits per heavy atom. The first-order valence-electron chi connectivity index (χ1n) is 1.63. The quantitative estimate of drug-likeness (QED) is 0.480. The van der Waals surface area contributed by atoms with E-state index in [1.165, 1.54) is 6.93 Å². The van der Waals surface area contributed by atoms with Crippen molar-refractivity contribution in [3.05, 3.63) is 0 Å². The van der Waals surface area contributed by atoms with Crippen LogP contribution in [0.25, 0.3) is 0 Å². The molecule has 2 heterocycles. The Morgan fingerprint density at radius 3 is 1.71 bits per heavy atom. The first-order chi connectivity index (χ1) is 3.45. The SMILES string of the molecule is n1nc2[se]c1[Se][Se]2. The Kier molecular flexibility index (Phi) is 1.15. The Labute approximate surface area is 57.7 Å². The molecule has 1 aliphatic heterocycles. The van der Waals surface area contributed by atoms with Crippen molar-refractivity contribution < 1.29 is 0 Å². The van der Waals surface area contributed by atoms with Crippen molar-refractivity contribution in [2.45, 2.75) is 0 Å². The normalized spacial score (nSPS) is 15.4. The van der Waals surface area contributed by atoms with Gasteiger partial charge in [-0.2, -0.15) is 0 Å². The fourth-order valence-electron chi connectivity index (χ4n) is 0.336. The zero-order valence-corrected chi connectivity index (χ0v) is 8.26. The second-order valence-electron chi connectivity index (χ2n) is 1.00. The predicted molar refractivity (Wildman–Crippen MR) is 29.7 cm³/mol. The molecule has 0 unspecified atom stereocenters. The molecule has 1 aromatic heterocycles. The van der Waals surface area contributed by atoms with Gasteiger partial charge in [0.2, 0.25) is 0 Å². The minimum atomic E-state index is 0.653. The topological polar surface area (TPSA) is 25.8 Å². The molecule has 0 N–H and O–H groups in total. The zero-order valence-electron chi connectivity index (χ0n) is 3.12. The number of hydrogen-bond donors (Lipinski definition) is 0. The Bertz CT molecular complexity index is 164. The molecule has 0 fully saturated rings. The Balaban J connectivity index is 2.71. The molecule has 0 saturated carbocycles. The molecule has 7 heavy (non-hydrogen) atoms. The average molecular weight is 289 g/mol. The van der Waals surface area contributed by atoms with Crippen LogP contribution >= 0.6 is 0 Å². The van der Waals surface area contributed by atoms with Crippen LogP contribution in [0.15, 0.2) is 0 Å². The summed E-state index contributed by atoms with van der Waals surface area (Å²) in [5.41, 5.74) is 0. The Hall–Kier alpha value is 0.898. The van der Waals surface area contributed by atoms with Crippen molar-refractivity contribution in [3.63, 3.8) is 0 Å². The third-order valence-electron chi connectivity index (χ3n) is 0.572. The van der Waals surface area contributed by atoms with Crippen LogP contribution < -0.4 is 6.93 Å². The fourth-order valence-corrected chi connectivity index (χ4v) is 15.6. The zero-order chi connectivity index (χ0) is 4.69. The van der Waals surface area contributed by atoms with E-state index in [1.54, 1.807) is 0 Å². The van der Waals surface area contributed by atoms with E-state index in [9.17, 15) is 0 Å². The number of hydrogen-bond acceptors (Lipinski definition) is 2. The second kappa shape index (κ2) is 1.70. The van der Waals surface area contributed by atoms with Crippen molar-refractivity contribution in [2.24, 2.45) is 0 Å². The maximum absolute atomic E-state index is 3.98. The van der Waals surface area contributed by atoms with Crippen molar-refractivity contribution in [3.8, 4) is 0 Å². The van der Waals surface area contributed by atoms with E-state index in [0.717, 1.165) is 26.3 Å². The van der Waals surface area contributed by atoms with Gasteiger partial charge < -0.3 is 0 Å². The number of nitrogens with zero attached hydrogens (tertiary/aromatic N) is 2. The molecule has 2 bridgehead atoms. The number of aromatic nitrogens is 2. The van der Waals surface area contributed by atoms with E-state index in [4.69, 9.17) is 0 Å². The summed E-state index contributed by atoms with van der Waals surface area (Å²) in [7, 11) is 0. The molecule has 2 rings (SSSR count).